The summed E-state index contributed by atoms with van der Waals surface area (Å²) >= 11 is 14.0. The first-order valence-corrected chi connectivity index (χ1v) is 12.4. The van der Waals surface area contributed by atoms with Gasteiger partial charge >= 0.3 is 0 Å². The van der Waals surface area contributed by atoms with Crippen molar-refractivity contribution in [3.05, 3.63) is 33.9 Å². The second kappa shape index (κ2) is 9.71. The third kappa shape index (κ3) is 4.76. The van der Waals surface area contributed by atoms with Crippen molar-refractivity contribution in [1.82, 2.24) is 9.97 Å². The molecule has 2 aliphatic rings. The Hall–Kier alpha value is -1.25. The molecule has 2 heterocycles. The van der Waals surface area contributed by atoms with Crippen LogP contribution in [0.4, 0.5) is 11.6 Å². The molecular formula is C22H29Cl2N5OS. The molecule has 9 heteroatoms. The number of nitrogens with two attached hydrogens (primary N) is 1. The monoisotopic (exact) mass is 481 g/mol. The Morgan fingerprint density at radius 3 is 2.71 bits per heavy atom. The molecule has 1 atom stereocenters. The molecule has 1 aliphatic heterocycles. The number of aromatic nitrogens is 2. The fourth-order valence-electron chi connectivity index (χ4n) is 4.72. The number of piperidine rings is 1. The van der Waals surface area contributed by atoms with Crippen LogP contribution in [0.25, 0.3) is 0 Å². The predicted octanol–water partition coefficient (Wildman–Crippen LogP) is 4.75. The lowest BCUT2D eigenvalue weighted by Gasteiger charge is -2.42. The average Bonchev–Trinajstić information content (AvgIpc) is 3.11. The predicted molar refractivity (Wildman–Crippen MR) is 129 cm³/mol. The summed E-state index contributed by atoms with van der Waals surface area (Å²) in [6.45, 7) is 4.24. The number of benzene rings is 1. The van der Waals surface area contributed by atoms with Gasteiger partial charge in [0.05, 0.1) is 22.3 Å². The van der Waals surface area contributed by atoms with Crippen molar-refractivity contribution in [3.63, 3.8) is 0 Å². The van der Waals surface area contributed by atoms with Crippen LogP contribution in [0.5, 0.6) is 0 Å². The van der Waals surface area contributed by atoms with Crippen LogP contribution in [0.15, 0.2) is 28.1 Å². The maximum atomic E-state index is 9.35. The first-order chi connectivity index (χ1) is 14.9. The van der Waals surface area contributed by atoms with E-state index in [9.17, 15) is 5.11 Å². The van der Waals surface area contributed by atoms with Gasteiger partial charge in [0, 0.05) is 30.6 Å². The average molecular weight is 482 g/mol. The molecule has 31 heavy (non-hydrogen) atoms. The second-order valence-electron chi connectivity index (χ2n) is 8.44. The largest absolute Gasteiger partial charge is 0.395 e. The summed E-state index contributed by atoms with van der Waals surface area (Å²) < 4.78 is 0. The highest BCUT2D eigenvalue weighted by Crippen LogP contribution is 2.46. The zero-order valence-electron chi connectivity index (χ0n) is 17.7. The molecule has 6 nitrogen and oxygen atoms in total. The fraction of sp³-hybridized carbons (Fsp3) is 0.545. The maximum Gasteiger partial charge on any atom is 0.172 e. The molecule has 0 radical (unpaired) electrons. The Morgan fingerprint density at radius 2 is 2.03 bits per heavy atom. The molecule has 0 bridgehead atoms. The van der Waals surface area contributed by atoms with Crippen LogP contribution in [0.1, 0.15) is 37.8 Å². The highest BCUT2D eigenvalue weighted by atomic mass is 35.5. The molecule has 0 amide bonds. The van der Waals surface area contributed by atoms with Crippen LogP contribution in [-0.2, 0) is 0 Å². The summed E-state index contributed by atoms with van der Waals surface area (Å²) in [5.74, 6) is 1.53. The lowest BCUT2D eigenvalue weighted by Crippen LogP contribution is -2.47. The zero-order chi connectivity index (χ0) is 22.0. The second-order valence-corrected chi connectivity index (χ2v) is 10.3. The molecule has 0 unspecified atom stereocenters. The molecule has 168 valence electrons. The summed E-state index contributed by atoms with van der Waals surface area (Å²) in [4.78, 5) is 12.9. The van der Waals surface area contributed by atoms with Crippen molar-refractivity contribution >= 4 is 46.6 Å². The van der Waals surface area contributed by atoms with E-state index in [0.717, 1.165) is 53.8 Å². The van der Waals surface area contributed by atoms with Crippen LogP contribution < -0.4 is 16.0 Å². The standard InChI is InChI=1S/C22H29Cl2N5OS/c1-14-21(31-16-5-2-4-15(23)18(16)24)28-19(26-10-13-30)20(27-14)29-11-8-22(9-12-29)7-3-6-17(22)25/h2,4-5,17,30H,3,6-13,25H2,1H3,(H,26,28)/t17-/m1/s1. The molecule has 4 rings (SSSR count). The highest BCUT2D eigenvalue weighted by Gasteiger charge is 2.43. The Kier molecular flexibility index (Phi) is 7.18. The van der Waals surface area contributed by atoms with E-state index in [2.05, 4.69) is 10.2 Å². The van der Waals surface area contributed by atoms with Gasteiger partial charge in [-0.15, -0.1) is 0 Å². The SMILES string of the molecule is Cc1nc(N2CCC3(CCC[C@H]3N)CC2)c(NCCO)nc1Sc1cccc(Cl)c1Cl. The number of aryl methyl sites for hydroxylation is 1. The topological polar surface area (TPSA) is 87.3 Å². The van der Waals surface area contributed by atoms with Gasteiger partial charge in [-0.2, -0.15) is 0 Å². The quantitative estimate of drug-likeness (QED) is 0.548. The Bertz CT molecular complexity index is 936. The smallest absolute Gasteiger partial charge is 0.172 e. The molecular weight excluding hydrogens is 453 g/mol. The van der Waals surface area contributed by atoms with E-state index >= 15 is 0 Å². The normalized spacial score (nSPS) is 20.4. The Morgan fingerprint density at radius 1 is 1.26 bits per heavy atom. The van der Waals surface area contributed by atoms with Crippen molar-refractivity contribution in [3.8, 4) is 0 Å². The van der Waals surface area contributed by atoms with Crippen LogP contribution in [0, 0.1) is 12.3 Å². The van der Waals surface area contributed by atoms with E-state index in [1.54, 1.807) is 6.07 Å². The van der Waals surface area contributed by atoms with E-state index in [-0.39, 0.29) is 12.0 Å². The number of anilines is 2. The van der Waals surface area contributed by atoms with Gasteiger partial charge in [0.15, 0.2) is 11.6 Å². The number of nitrogens with one attached hydrogen (secondary N) is 1. The molecule has 2 fully saturated rings. The molecule has 4 N–H and O–H groups in total. The zero-order valence-corrected chi connectivity index (χ0v) is 20.0. The van der Waals surface area contributed by atoms with Gasteiger partial charge in [-0.1, -0.05) is 47.5 Å². The number of nitrogens with zero attached hydrogens (tertiary/aromatic N) is 3. The third-order valence-electron chi connectivity index (χ3n) is 6.57. The van der Waals surface area contributed by atoms with Gasteiger partial charge in [-0.25, -0.2) is 9.97 Å². The minimum absolute atomic E-state index is 0.0234. The van der Waals surface area contributed by atoms with Crippen molar-refractivity contribution in [2.75, 3.05) is 36.5 Å². The summed E-state index contributed by atoms with van der Waals surface area (Å²) in [7, 11) is 0. The van der Waals surface area contributed by atoms with Crippen LogP contribution in [0.2, 0.25) is 10.0 Å². The van der Waals surface area contributed by atoms with Gasteiger partial charge in [0.25, 0.3) is 0 Å². The first-order valence-electron chi connectivity index (χ1n) is 10.8. The van der Waals surface area contributed by atoms with Gasteiger partial charge in [-0.3, -0.25) is 0 Å². The Balaban J connectivity index is 1.59. The first kappa shape index (κ1) is 22.9. The van der Waals surface area contributed by atoms with E-state index in [1.165, 1.54) is 24.6 Å². The molecule has 1 aliphatic carbocycles. The Labute approximate surface area is 197 Å². The molecule has 1 saturated carbocycles. The van der Waals surface area contributed by atoms with Crippen molar-refractivity contribution < 1.29 is 5.11 Å². The van der Waals surface area contributed by atoms with Crippen LogP contribution in [-0.4, -0.2) is 47.4 Å². The molecule has 1 spiro atoms. The number of hydrogen-bond acceptors (Lipinski definition) is 7. The van der Waals surface area contributed by atoms with Crippen molar-refractivity contribution in [1.29, 1.82) is 0 Å². The number of rotatable bonds is 6. The molecule has 2 aromatic rings. The minimum Gasteiger partial charge on any atom is -0.395 e. The molecule has 1 aromatic carbocycles. The van der Waals surface area contributed by atoms with Crippen molar-refractivity contribution in [2.45, 2.75) is 55.0 Å². The number of halogens is 2. The fourth-order valence-corrected chi connectivity index (χ4v) is 6.08. The van der Waals surface area contributed by atoms with Gasteiger partial charge in [-0.05, 0) is 50.2 Å². The minimum atomic E-state index is 0.0234. The molecule has 1 aromatic heterocycles. The summed E-state index contributed by atoms with van der Waals surface area (Å²) in [6, 6.07) is 5.87. The lowest BCUT2D eigenvalue weighted by atomic mass is 9.74. The van der Waals surface area contributed by atoms with E-state index in [0.29, 0.717) is 28.4 Å². The van der Waals surface area contributed by atoms with E-state index in [4.69, 9.17) is 38.9 Å². The van der Waals surface area contributed by atoms with Crippen LogP contribution >= 0.6 is 35.0 Å². The number of aliphatic hydroxyl groups is 1. The van der Waals surface area contributed by atoms with Gasteiger partial charge in [0.1, 0.15) is 5.03 Å². The summed E-state index contributed by atoms with van der Waals surface area (Å²) in [5.41, 5.74) is 7.58. The number of aliphatic hydroxyl groups excluding tert-OH is 1. The lowest BCUT2D eigenvalue weighted by molar-refractivity contribution is 0.197. The van der Waals surface area contributed by atoms with Crippen molar-refractivity contribution in [2.24, 2.45) is 11.1 Å². The van der Waals surface area contributed by atoms with E-state index < -0.39 is 0 Å². The van der Waals surface area contributed by atoms with Gasteiger partial charge < -0.3 is 21.1 Å². The van der Waals surface area contributed by atoms with Crippen LogP contribution in [0.3, 0.4) is 0 Å². The third-order valence-corrected chi connectivity index (χ3v) is 8.64. The summed E-state index contributed by atoms with van der Waals surface area (Å²) in [6.07, 6.45) is 5.78. The molecule has 1 saturated heterocycles. The maximum absolute atomic E-state index is 9.35. The van der Waals surface area contributed by atoms with E-state index in [1.807, 2.05) is 19.1 Å². The highest BCUT2D eigenvalue weighted by molar-refractivity contribution is 7.99. The summed E-state index contributed by atoms with van der Waals surface area (Å²) in [5, 5.41) is 14.4. The number of hydrogen-bond donors (Lipinski definition) is 3. The van der Waals surface area contributed by atoms with Gasteiger partial charge in [0.2, 0.25) is 0 Å².